The predicted octanol–water partition coefficient (Wildman–Crippen LogP) is 3.51. The molecule has 18 heavy (non-hydrogen) atoms. The van der Waals surface area contributed by atoms with Crippen molar-refractivity contribution in [2.45, 2.75) is 20.0 Å². The number of hydrogen-bond acceptors (Lipinski definition) is 3. The number of hydrogen-bond donors (Lipinski definition) is 0. The van der Waals surface area contributed by atoms with E-state index < -0.39 is 11.8 Å². The minimum absolute atomic E-state index is 0.327. The van der Waals surface area contributed by atoms with E-state index >= 15 is 0 Å². The molecule has 1 aromatic carbocycles. The molecule has 0 aliphatic heterocycles. The Kier molecular flexibility index (Phi) is 7.63. The SMILES string of the molecule is C=CC.COC(=O)c1ccc(F)cc1C(C)OC. The van der Waals surface area contributed by atoms with Crippen LogP contribution in [0, 0.1) is 5.82 Å². The average Bonchev–Trinajstić information content (AvgIpc) is 2.37. The van der Waals surface area contributed by atoms with Crippen LogP contribution in [0.5, 0.6) is 0 Å². The molecule has 1 atom stereocenters. The lowest BCUT2D eigenvalue weighted by Crippen LogP contribution is -2.09. The van der Waals surface area contributed by atoms with Crippen LogP contribution in [-0.4, -0.2) is 20.2 Å². The summed E-state index contributed by atoms with van der Waals surface area (Å²) in [5.41, 5.74) is 0.817. The number of benzene rings is 1. The number of carbonyl (C=O) groups is 1. The molecular weight excluding hydrogens is 235 g/mol. The molecule has 1 aromatic rings. The fourth-order valence-electron chi connectivity index (χ4n) is 1.29. The van der Waals surface area contributed by atoms with E-state index in [1.165, 1.54) is 32.4 Å². The summed E-state index contributed by atoms with van der Waals surface area (Å²) >= 11 is 0. The molecule has 0 N–H and O–H groups in total. The summed E-state index contributed by atoms with van der Waals surface area (Å²) < 4.78 is 22.7. The molecule has 0 spiro atoms. The van der Waals surface area contributed by atoms with Crippen molar-refractivity contribution in [3.05, 3.63) is 47.8 Å². The van der Waals surface area contributed by atoms with Crippen molar-refractivity contribution in [2.75, 3.05) is 14.2 Å². The fraction of sp³-hybridized carbons (Fsp3) is 0.357. The van der Waals surface area contributed by atoms with Gasteiger partial charge in [0.2, 0.25) is 0 Å². The molecule has 0 aromatic heterocycles. The van der Waals surface area contributed by atoms with Crippen LogP contribution >= 0.6 is 0 Å². The molecule has 0 saturated carbocycles. The Hall–Kier alpha value is -1.68. The van der Waals surface area contributed by atoms with Crippen molar-refractivity contribution < 1.29 is 18.7 Å². The van der Waals surface area contributed by atoms with Gasteiger partial charge in [-0.25, -0.2) is 9.18 Å². The molecule has 3 nitrogen and oxygen atoms in total. The summed E-state index contributed by atoms with van der Waals surface area (Å²) in [4.78, 5) is 11.4. The van der Waals surface area contributed by atoms with Crippen LogP contribution in [0.3, 0.4) is 0 Å². The number of allylic oxidation sites excluding steroid dienone is 1. The van der Waals surface area contributed by atoms with Crippen LogP contribution in [0.1, 0.15) is 35.9 Å². The van der Waals surface area contributed by atoms with Crippen LogP contribution < -0.4 is 0 Å². The lowest BCUT2D eigenvalue weighted by Gasteiger charge is -2.13. The van der Waals surface area contributed by atoms with Gasteiger partial charge in [-0.05, 0) is 37.6 Å². The van der Waals surface area contributed by atoms with E-state index in [2.05, 4.69) is 11.3 Å². The van der Waals surface area contributed by atoms with Gasteiger partial charge < -0.3 is 9.47 Å². The predicted molar refractivity (Wildman–Crippen MR) is 69.0 cm³/mol. The maximum atomic E-state index is 13.0. The van der Waals surface area contributed by atoms with Gasteiger partial charge in [-0.3, -0.25) is 0 Å². The lowest BCUT2D eigenvalue weighted by molar-refractivity contribution is 0.0588. The summed E-state index contributed by atoms with van der Waals surface area (Å²) in [5, 5.41) is 0. The molecule has 100 valence electrons. The molecule has 0 aliphatic carbocycles. The summed E-state index contributed by atoms with van der Waals surface area (Å²) in [6.45, 7) is 6.99. The minimum atomic E-state index is -0.492. The Morgan fingerprint density at radius 2 is 2.00 bits per heavy atom. The normalized spacial score (nSPS) is 10.9. The van der Waals surface area contributed by atoms with Crippen molar-refractivity contribution in [3.63, 3.8) is 0 Å². The van der Waals surface area contributed by atoms with Crippen molar-refractivity contribution in [1.29, 1.82) is 0 Å². The van der Waals surface area contributed by atoms with Gasteiger partial charge in [0.15, 0.2) is 0 Å². The smallest absolute Gasteiger partial charge is 0.338 e. The van der Waals surface area contributed by atoms with Crippen LogP contribution in [0.15, 0.2) is 30.9 Å². The van der Waals surface area contributed by atoms with Crippen LogP contribution in [0.4, 0.5) is 4.39 Å². The van der Waals surface area contributed by atoms with E-state index in [0.717, 1.165) is 0 Å². The summed E-state index contributed by atoms with van der Waals surface area (Å²) in [5.74, 6) is -0.893. The number of ether oxygens (including phenoxy) is 2. The second-order valence-electron chi connectivity index (χ2n) is 3.51. The number of halogens is 1. The van der Waals surface area contributed by atoms with Gasteiger partial charge >= 0.3 is 5.97 Å². The van der Waals surface area contributed by atoms with E-state index in [-0.39, 0.29) is 6.10 Å². The van der Waals surface area contributed by atoms with Gasteiger partial charge in [-0.15, -0.1) is 6.58 Å². The number of carbonyl (C=O) groups excluding carboxylic acids is 1. The van der Waals surface area contributed by atoms with E-state index in [1.54, 1.807) is 13.0 Å². The minimum Gasteiger partial charge on any atom is -0.465 e. The third-order valence-electron chi connectivity index (χ3n) is 2.21. The van der Waals surface area contributed by atoms with Gasteiger partial charge in [0.25, 0.3) is 0 Å². The topological polar surface area (TPSA) is 35.5 Å². The average molecular weight is 254 g/mol. The third kappa shape index (κ3) is 4.67. The number of esters is 1. The van der Waals surface area contributed by atoms with Crippen molar-refractivity contribution in [1.82, 2.24) is 0 Å². The number of methoxy groups -OCH3 is 2. The van der Waals surface area contributed by atoms with Crippen LogP contribution in [0.25, 0.3) is 0 Å². The Balaban J connectivity index is 0.000000873. The summed E-state index contributed by atoms with van der Waals surface area (Å²) in [6, 6.07) is 3.89. The monoisotopic (exact) mass is 254 g/mol. The highest BCUT2D eigenvalue weighted by Crippen LogP contribution is 2.22. The Morgan fingerprint density at radius 3 is 2.44 bits per heavy atom. The second-order valence-corrected chi connectivity index (χ2v) is 3.51. The van der Waals surface area contributed by atoms with E-state index in [0.29, 0.717) is 11.1 Å². The summed E-state index contributed by atoms with van der Waals surface area (Å²) in [7, 11) is 2.78. The first-order valence-electron chi connectivity index (χ1n) is 5.49. The molecule has 0 radical (unpaired) electrons. The maximum Gasteiger partial charge on any atom is 0.338 e. The quantitative estimate of drug-likeness (QED) is 0.611. The highest BCUT2D eigenvalue weighted by Gasteiger charge is 2.16. The molecule has 4 heteroatoms. The Bertz CT molecular complexity index is 402. The van der Waals surface area contributed by atoms with Crippen LogP contribution in [-0.2, 0) is 9.47 Å². The molecule has 1 unspecified atom stereocenters. The zero-order chi connectivity index (χ0) is 14.1. The number of rotatable bonds is 3. The lowest BCUT2D eigenvalue weighted by atomic mass is 10.0. The molecule has 0 aliphatic rings. The molecular formula is C14H19FO3. The van der Waals surface area contributed by atoms with Crippen molar-refractivity contribution >= 4 is 5.97 Å². The second kappa shape index (κ2) is 8.42. The van der Waals surface area contributed by atoms with Gasteiger partial charge in [0.1, 0.15) is 5.82 Å². The van der Waals surface area contributed by atoms with Crippen molar-refractivity contribution in [2.24, 2.45) is 0 Å². The molecule has 0 saturated heterocycles. The third-order valence-corrected chi connectivity index (χ3v) is 2.21. The molecule has 0 fully saturated rings. The summed E-state index contributed by atoms with van der Waals surface area (Å²) in [6.07, 6.45) is 1.40. The maximum absolute atomic E-state index is 13.0. The first kappa shape index (κ1) is 16.3. The highest BCUT2D eigenvalue weighted by atomic mass is 19.1. The first-order valence-corrected chi connectivity index (χ1v) is 5.49. The Labute approximate surface area is 107 Å². The first-order chi connectivity index (χ1) is 8.51. The zero-order valence-corrected chi connectivity index (χ0v) is 11.2. The van der Waals surface area contributed by atoms with Gasteiger partial charge in [0.05, 0.1) is 18.8 Å². The van der Waals surface area contributed by atoms with Gasteiger partial charge in [0, 0.05) is 7.11 Å². The van der Waals surface area contributed by atoms with E-state index in [4.69, 9.17) is 4.74 Å². The van der Waals surface area contributed by atoms with Crippen molar-refractivity contribution in [3.8, 4) is 0 Å². The molecule has 0 heterocycles. The molecule has 1 rings (SSSR count). The molecule has 0 bridgehead atoms. The largest absolute Gasteiger partial charge is 0.465 e. The Morgan fingerprint density at radius 1 is 1.44 bits per heavy atom. The van der Waals surface area contributed by atoms with Gasteiger partial charge in [-0.1, -0.05) is 6.08 Å². The van der Waals surface area contributed by atoms with E-state index in [9.17, 15) is 9.18 Å². The fourth-order valence-corrected chi connectivity index (χ4v) is 1.29. The van der Waals surface area contributed by atoms with Gasteiger partial charge in [-0.2, -0.15) is 0 Å². The highest BCUT2D eigenvalue weighted by molar-refractivity contribution is 5.91. The van der Waals surface area contributed by atoms with E-state index in [1.807, 2.05) is 6.92 Å². The van der Waals surface area contributed by atoms with Crippen LogP contribution in [0.2, 0.25) is 0 Å². The molecule has 0 amide bonds. The standard InChI is InChI=1S/C11H13FO3.C3H6/c1-7(14-2)10-6-8(12)4-5-9(10)11(13)15-3;1-3-2/h4-7H,1-3H3;3H,1H2,2H3. The zero-order valence-electron chi connectivity index (χ0n) is 11.2.